The number of aromatic nitrogens is 4. The van der Waals surface area contributed by atoms with E-state index in [4.69, 9.17) is 0 Å². The number of rotatable bonds is 7. The first-order chi connectivity index (χ1) is 14.6. The molecule has 1 amide bonds. The highest BCUT2D eigenvalue weighted by Gasteiger charge is 2.53. The minimum Gasteiger partial charge on any atom is -0.352 e. The van der Waals surface area contributed by atoms with Gasteiger partial charge in [-0.25, -0.2) is 0 Å². The van der Waals surface area contributed by atoms with Crippen LogP contribution in [-0.2, 0) is 11.3 Å². The standard InChI is InChI=1S/C23H31N5OS/c1-3-28-21(19-4-6-24-7-5-19)26-27-22(28)30-14-20(29)25-15(2)23-11-16-8-17(12-23)10-18(9-16)13-23/h4-7,15-18H,3,8-14H2,1-2H3,(H,25,29)/t15-,16?,17?,18?,23?/m1/s1. The fraction of sp³-hybridized carbons (Fsp3) is 0.652. The quantitative estimate of drug-likeness (QED) is 0.674. The van der Waals surface area contributed by atoms with Crippen molar-refractivity contribution >= 4 is 17.7 Å². The summed E-state index contributed by atoms with van der Waals surface area (Å²) in [5.41, 5.74) is 1.33. The van der Waals surface area contributed by atoms with Crippen LogP contribution >= 0.6 is 11.8 Å². The third-order valence-electron chi connectivity index (χ3n) is 7.69. The van der Waals surface area contributed by atoms with Crippen molar-refractivity contribution in [2.45, 2.75) is 70.1 Å². The molecule has 2 aromatic rings. The molecule has 1 atom stereocenters. The molecular weight excluding hydrogens is 394 g/mol. The topological polar surface area (TPSA) is 72.7 Å². The van der Waals surface area contributed by atoms with Crippen LogP contribution in [-0.4, -0.2) is 37.5 Å². The predicted octanol–water partition coefficient (Wildman–Crippen LogP) is 4.17. The molecular formula is C23H31N5OS. The van der Waals surface area contributed by atoms with Gasteiger partial charge in [0.1, 0.15) is 0 Å². The zero-order valence-electron chi connectivity index (χ0n) is 17.9. The van der Waals surface area contributed by atoms with Crippen LogP contribution in [0.1, 0.15) is 52.4 Å². The second kappa shape index (κ2) is 7.98. The van der Waals surface area contributed by atoms with Gasteiger partial charge in [0.25, 0.3) is 0 Å². The number of hydrogen-bond acceptors (Lipinski definition) is 5. The van der Waals surface area contributed by atoms with Gasteiger partial charge in [-0.2, -0.15) is 0 Å². The summed E-state index contributed by atoms with van der Waals surface area (Å²) in [4.78, 5) is 16.9. The van der Waals surface area contributed by atoms with Crippen LogP contribution in [0.25, 0.3) is 11.4 Å². The van der Waals surface area contributed by atoms with Crippen molar-refractivity contribution in [2.75, 3.05) is 5.75 Å². The number of hydrogen-bond donors (Lipinski definition) is 1. The SMILES string of the molecule is CCn1c(SCC(=O)N[C@H](C)C23CC4CC(CC(C4)C2)C3)nnc1-c1ccncc1. The molecule has 0 spiro atoms. The first-order valence-electron chi connectivity index (χ1n) is 11.3. The van der Waals surface area contributed by atoms with Gasteiger partial charge in [0.15, 0.2) is 11.0 Å². The number of thioether (sulfide) groups is 1. The number of amides is 1. The van der Waals surface area contributed by atoms with E-state index in [1.807, 2.05) is 12.1 Å². The first-order valence-corrected chi connectivity index (χ1v) is 12.3. The third kappa shape index (κ3) is 3.66. The monoisotopic (exact) mass is 425 g/mol. The van der Waals surface area contributed by atoms with Crippen molar-refractivity contribution in [1.29, 1.82) is 0 Å². The van der Waals surface area contributed by atoms with Gasteiger partial charge in [0.2, 0.25) is 5.91 Å². The predicted molar refractivity (Wildman–Crippen MR) is 118 cm³/mol. The van der Waals surface area contributed by atoms with Crippen LogP contribution < -0.4 is 5.32 Å². The van der Waals surface area contributed by atoms with Gasteiger partial charge < -0.3 is 9.88 Å². The lowest BCUT2D eigenvalue weighted by Crippen LogP contribution is -2.56. The Bertz CT molecular complexity index is 876. The van der Waals surface area contributed by atoms with E-state index in [0.717, 1.165) is 40.8 Å². The molecule has 2 aromatic heterocycles. The molecule has 160 valence electrons. The lowest BCUT2D eigenvalue weighted by atomic mass is 9.48. The Balaban J connectivity index is 1.21. The van der Waals surface area contributed by atoms with E-state index < -0.39 is 0 Å². The smallest absolute Gasteiger partial charge is 0.230 e. The van der Waals surface area contributed by atoms with Crippen LogP contribution in [0.2, 0.25) is 0 Å². The number of carbonyl (C=O) groups is 1. The molecule has 0 unspecified atom stereocenters. The molecule has 2 heterocycles. The Hall–Kier alpha value is -1.89. The molecule has 30 heavy (non-hydrogen) atoms. The van der Waals surface area contributed by atoms with Crippen molar-refractivity contribution in [1.82, 2.24) is 25.1 Å². The highest BCUT2D eigenvalue weighted by Crippen LogP contribution is 2.61. The summed E-state index contributed by atoms with van der Waals surface area (Å²) in [6, 6.07) is 4.13. The van der Waals surface area contributed by atoms with E-state index in [2.05, 4.69) is 38.9 Å². The Morgan fingerprint density at radius 3 is 2.40 bits per heavy atom. The van der Waals surface area contributed by atoms with E-state index in [-0.39, 0.29) is 11.9 Å². The number of nitrogens with zero attached hydrogens (tertiary/aromatic N) is 4. The van der Waals surface area contributed by atoms with Crippen molar-refractivity contribution in [3.8, 4) is 11.4 Å². The second-order valence-corrected chi connectivity index (χ2v) is 10.6. The molecule has 4 aliphatic rings. The Morgan fingerprint density at radius 1 is 1.17 bits per heavy atom. The highest BCUT2D eigenvalue weighted by atomic mass is 32.2. The van der Waals surface area contributed by atoms with Crippen LogP contribution in [0, 0.1) is 23.2 Å². The van der Waals surface area contributed by atoms with E-state index in [0.29, 0.717) is 11.2 Å². The average Bonchev–Trinajstić information content (AvgIpc) is 3.15. The summed E-state index contributed by atoms with van der Waals surface area (Å²) in [5.74, 6) is 4.02. The summed E-state index contributed by atoms with van der Waals surface area (Å²) < 4.78 is 2.07. The number of pyridine rings is 1. The van der Waals surface area contributed by atoms with Crippen LogP contribution in [0.5, 0.6) is 0 Å². The molecule has 0 radical (unpaired) electrons. The minimum absolute atomic E-state index is 0.111. The molecule has 4 aliphatic carbocycles. The molecule has 6 rings (SSSR count). The van der Waals surface area contributed by atoms with Crippen molar-refractivity contribution in [3.63, 3.8) is 0 Å². The normalized spacial score (nSPS) is 30.4. The Morgan fingerprint density at radius 2 is 1.80 bits per heavy atom. The molecule has 4 bridgehead atoms. The van der Waals surface area contributed by atoms with Crippen molar-refractivity contribution in [2.24, 2.45) is 23.2 Å². The number of carbonyl (C=O) groups excluding carboxylic acids is 1. The minimum atomic E-state index is 0.111. The van der Waals surface area contributed by atoms with Gasteiger partial charge in [-0.1, -0.05) is 11.8 Å². The second-order valence-electron chi connectivity index (χ2n) is 9.64. The fourth-order valence-corrected chi connectivity index (χ4v) is 7.48. The van der Waals surface area contributed by atoms with Crippen molar-refractivity contribution in [3.05, 3.63) is 24.5 Å². The maximum Gasteiger partial charge on any atom is 0.230 e. The lowest BCUT2D eigenvalue weighted by molar-refractivity contribution is -0.123. The lowest BCUT2D eigenvalue weighted by Gasteiger charge is -2.59. The molecule has 4 saturated carbocycles. The maximum atomic E-state index is 12.8. The van der Waals surface area contributed by atoms with Gasteiger partial charge in [0.05, 0.1) is 5.75 Å². The van der Waals surface area contributed by atoms with Crippen LogP contribution in [0.15, 0.2) is 29.7 Å². The van der Waals surface area contributed by atoms with E-state index in [1.54, 1.807) is 12.4 Å². The number of nitrogens with one attached hydrogen (secondary N) is 1. The Kier molecular flexibility index (Phi) is 5.33. The molecule has 6 nitrogen and oxygen atoms in total. The maximum absolute atomic E-state index is 12.8. The van der Waals surface area contributed by atoms with E-state index >= 15 is 0 Å². The summed E-state index contributed by atoms with van der Waals surface area (Å²) in [5, 5.41) is 12.9. The van der Waals surface area contributed by atoms with Crippen molar-refractivity contribution < 1.29 is 4.79 Å². The third-order valence-corrected chi connectivity index (χ3v) is 8.65. The van der Waals surface area contributed by atoms with Gasteiger partial charge in [-0.15, -0.1) is 10.2 Å². The largest absolute Gasteiger partial charge is 0.352 e. The zero-order chi connectivity index (χ0) is 20.7. The summed E-state index contributed by atoms with van der Waals surface area (Å²) in [6.07, 6.45) is 11.8. The van der Waals surface area contributed by atoms with Gasteiger partial charge in [0, 0.05) is 30.5 Å². The molecule has 4 fully saturated rings. The Labute approximate surface area is 182 Å². The van der Waals surface area contributed by atoms with Gasteiger partial charge in [-0.3, -0.25) is 9.78 Å². The van der Waals surface area contributed by atoms with Gasteiger partial charge in [-0.05, 0) is 87.7 Å². The van der Waals surface area contributed by atoms with E-state index in [1.165, 1.54) is 50.3 Å². The van der Waals surface area contributed by atoms with Crippen LogP contribution in [0.4, 0.5) is 0 Å². The fourth-order valence-electron chi connectivity index (χ4n) is 6.67. The molecule has 0 saturated heterocycles. The van der Waals surface area contributed by atoms with Gasteiger partial charge >= 0.3 is 0 Å². The highest BCUT2D eigenvalue weighted by molar-refractivity contribution is 7.99. The zero-order valence-corrected chi connectivity index (χ0v) is 18.7. The summed E-state index contributed by atoms with van der Waals surface area (Å²) in [7, 11) is 0. The molecule has 7 heteroatoms. The molecule has 0 aliphatic heterocycles. The first kappa shape index (κ1) is 20.0. The van der Waals surface area contributed by atoms with E-state index in [9.17, 15) is 4.79 Å². The van der Waals surface area contributed by atoms with Crippen LogP contribution in [0.3, 0.4) is 0 Å². The summed E-state index contributed by atoms with van der Waals surface area (Å²) in [6.45, 7) is 5.08. The molecule has 1 N–H and O–H groups in total. The molecule has 0 aromatic carbocycles. The summed E-state index contributed by atoms with van der Waals surface area (Å²) >= 11 is 1.48. The average molecular weight is 426 g/mol.